The first kappa shape index (κ1) is 19.2. The second-order valence-electron chi connectivity index (χ2n) is 6.77. The third-order valence-electron chi connectivity index (χ3n) is 4.73. The number of ether oxygens (including phenoxy) is 3. The van der Waals surface area contributed by atoms with E-state index < -0.39 is 0 Å². The number of thiazole rings is 1. The maximum Gasteiger partial charge on any atom is 0.161 e. The molecule has 0 unspecified atom stereocenters. The molecule has 1 aromatic heterocycles. The predicted octanol–water partition coefficient (Wildman–Crippen LogP) is 6.03. The van der Waals surface area contributed by atoms with Crippen LogP contribution in [0.3, 0.4) is 0 Å². The fourth-order valence-corrected chi connectivity index (χ4v) is 6.82. The molecule has 0 amide bonds. The number of hydrogen-bond acceptors (Lipinski definition) is 7. The van der Waals surface area contributed by atoms with Crippen molar-refractivity contribution < 1.29 is 14.2 Å². The molecule has 29 heavy (non-hydrogen) atoms. The Hall–Kier alpha value is -1.83. The average Bonchev–Trinajstić information content (AvgIpc) is 3.41. The first-order chi connectivity index (χ1) is 14.3. The minimum Gasteiger partial charge on any atom is -0.490 e. The van der Waals surface area contributed by atoms with E-state index in [4.69, 9.17) is 19.2 Å². The molecular formula is C22H21NO3S3. The largest absolute Gasteiger partial charge is 0.490 e. The standard InChI is InChI=1S/C22H21NO3S3/c1-8-24-19-7-4-16(12-20(19)25-9-1)18-14-29-21(23-18)13-26-17-5-2-15(3-6-17)22-27-10-11-28-22/h2-7,12,14,22H,1,8-11,13H2. The quantitative estimate of drug-likeness (QED) is 0.480. The lowest BCUT2D eigenvalue weighted by molar-refractivity contribution is 0.297. The van der Waals surface area contributed by atoms with Crippen molar-refractivity contribution in [2.24, 2.45) is 0 Å². The molecule has 0 atom stereocenters. The predicted molar refractivity (Wildman–Crippen MR) is 122 cm³/mol. The molecule has 2 aromatic carbocycles. The summed E-state index contributed by atoms with van der Waals surface area (Å²) >= 11 is 5.65. The van der Waals surface area contributed by atoms with Gasteiger partial charge in [0, 0.05) is 28.9 Å². The highest BCUT2D eigenvalue weighted by Gasteiger charge is 2.18. The molecule has 0 bridgehead atoms. The normalized spacial score (nSPS) is 16.6. The molecule has 2 aliphatic heterocycles. The van der Waals surface area contributed by atoms with Crippen molar-refractivity contribution in [3.63, 3.8) is 0 Å². The molecule has 2 aliphatic rings. The number of fused-ring (bicyclic) bond motifs is 1. The van der Waals surface area contributed by atoms with Crippen LogP contribution in [0.5, 0.6) is 17.2 Å². The monoisotopic (exact) mass is 443 g/mol. The second-order valence-corrected chi connectivity index (χ2v) is 10.4. The number of thioether (sulfide) groups is 2. The van der Waals surface area contributed by atoms with Gasteiger partial charge >= 0.3 is 0 Å². The van der Waals surface area contributed by atoms with Crippen molar-refractivity contribution in [1.29, 1.82) is 0 Å². The molecule has 7 heteroatoms. The van der Waals surface area contributed by atoms with Crippen molar-refractivity contribution >= 4 is 34.9 Å². The minimum absolute atomic E-state index is 0.474. The summed E-state index contributed by atoms with van der Waals surface area (Å²) in [5, 5.41) is 3.02. The first-order valence-corrected chi connectivity index (χ1v) is 12.6. The Labute approximate surface area is 183 Å². The fraction of sp³-hybridized carbons (Fsp3) is 0.318. The Morgan fingerprint density at radius 3 is 2.59 bits per heavy atom. The maximum absolute atomic E-state index is 5.96. The van der Waals surface area contributed by atoms with Gasteiger partial charge in [0.15, 0.2) is 11.5 Å². The van der Waals surface area contributed by atoms with E-state index in [1.54, 1.807) is 11.3 Å². The average molecular weight is 444 g/mol. The Morgan fingerprint density at radius 1 is 0.966 bits per heavy atom. The molecule has 0 N–H and O–H groups in total. The van der Waals surface area contributed by atoms with Crippen LogP contribution in [-0.2, 0) is 6.61 Å². The van der Waals surface area contributed by atoms with Crippen LogP contribution < -0.4 is 14.2 Å². The van der Waals surface area contributed by atoms with Crippen molar-refractivity contribution in [1.82, 2.24) is 4.98 Å². The van der Waals surface area contributed by atoms with E-state index in [-0.39, 0.29) is 0 Å². The highest BCUT2D eigenvalue weighted by atomic mass is 32.2. The van der Waals surface area contributed by atoms with Crippen LogP contribution in [0.1, 0.15) is 21.6 Å². The van der Waals surface area contributed by atoms with Crippen LogP contribution in [0.4, 0.5) is 0 Å². The van der Waals surface area contributed by atoms with Gasteiger partial charge in [0.25, 0.3) is 0 Å². The van der Waals surface area contributed by atoms with Crippen molar-refractivity contribution in [3.05, 3.63) is 58.4 Å². The van der Waals surface area contributed by atoms with Gasteiger partial charge in [-0.15, -0.1) is 34.9 Å². The summed E-state index contributed by atoms with van der Waals surface area (Å²) in [6, 6.07) is 14.5. The van der Waals surface area contributed by atoms with Crippen molar-refractivity contribution in [2.45, 2.75) is 17.6 Å². The number of nitrogens with zero attached hydrogens (tertiary/aromatic N) is 1. The zero-order chi connectivity index (χ0) is 19.5. The summed E-state index contributed by atoms with van der Waals surface area (Å²) in [7, 11) is 0. The lowest BCUT2D eigenvalue weighted by Gasteiger charge is -2.09. The Bertz CT molecular complexity index is 968. The summed E-state index contributed by atoms with van der Waals surface area (Å²) in [4.78, 5) is 4.74. The van der Waals surface area contributed by atoms with Crippen LogP contribution in [0.15, 0.2) is 47.8 Å². The summed E-state index contributed by atoms with van der Waals surface area (Å²) in [6.07, 6.45) is 0.904. The summed E-state index contributed by atoms with van der Waals surface area (Å²) in [6.45, 7) is 1.86. The van der Waals surface area contributed by atoms with Crippen LogP contribution in [0.2, 0.25) is 0 Å². The molecule has 0 radical (unpaired) electrons. The molecular weight excluding hydrogens is 422 g/mol. The molecule has 1 fully saturated rings. The smallest absolute Gasteiger partial charge is 0.161 e. The Morgan fingerprint density at radius 2 is 1.76 bits per heavy atom. The zero-order valence-electron chi connectivity index (χ0n) is 15.8. The Kier molecular flexibility index (Phi) is 5.88. The number of aromatic nitrogens is 1. The first-order valence-electron chi connectivity index (χ1n) is 9.65. The van der Waals surface area contributed by atoms with Crippen LogP contribution in [0.25, 0.3) is 11.3 Å². The van der Waals surface area contributed by atoms with E-state index in [0.717, 1.165) is 39.9 Å². The molecule has 5 rings (SSSR count). The van der Waals surface area contributed by atoms with Gasteiger partial charge in [-0.2, -0.15) is 0 Å². The van der Waals surface area contributed by atoms with Gasteiger partial charge in [0.05, 0.1) is 23.5 Å². The highest BCUT2D eigenvalue weighted by molar-refractivity contribution is 8.19. The molecule has 0 saturated carbocycles. The van der Waals surface area contributed by atoms with Gasteiger partial charge in [-0.3, -0.25) is 0 Å². The summed E-state index contributed by atoms with van der Waals surface area (Å²) in [5.74, 6) is 4.97. The molecule has 3 aromatic rings. The number of hydrogen-bond donors (Lipinski definition) is 0. The van der Waals surface area contributed by atoms with Crippen LogP contribution in [-0.4, -0.2) is 29.7 Å². The zero-order valence-corrected chi connectivity index (χ0v) is 18.3. The molecule has 3 heterocycles. The lowest BCUT2D eigenvalue weighted by atomic mass is 10.1. The number of rotatable bonds is 5. The fourth-order valence-electron chi connectivity index (χ4n) is 3.25. The van der Waals surface area contributed by atoms with E-state index in [9.17, 15) is 0 Å². The molecule has 1 saturated heterocycles. The van der Waals surface area contributed by atoms with Crippen molar-refractivity contribution in [2.75, 3.05) is 24.7 Å². The van der Waals surface area contributed by atoms with Crippen LogP contribution in [0, 0.1) is 0 Å². The van der Waals surface area contributed by atoms with Crippen molar-refractivity contribution in [3.8, 4) is 28.5 Å². The number of benzene rings is 2. The van der Waals surface area contributed by atoms with Gasteiger partial charge in [0.1, 0.15) is 17.4 Å². The van der Waals surface area contributed by atoms with Gasteiger partial charge in [-0.25, -0.2) is 4.98 Å². The molecule has 0 aliphatic carbocycles. The third-order valence-corrected chi connectivity index (χ3v) is 8.66. The van der Waals surface area contributed by atoms with E-state index in [2.05, 4.69) is 29.6 Å². The van der Waals surface area contributed by atoms with E-state index in [1.165, 1.54) is 17.1 Å². The second kappa shape index (κ2) is 8.90. The van der Waals surface area contributed by atoms with Gasteiger partial charge < -0.3 is 14.2 Å². The van der Waals surface area contributed by atoms with E-state index in [0.29, 0.717) is 24.4 Å². The molecule has 0 spiro atoms. The van der Waals surface area contributed by atoms with Gasteiger partial charge in [-0.05, 0) is 35.9 Å². The summed E-state index contributed by atoms with van der Waals surface area (Å²) < 4.78 is 18.0. The lowest BCUT2D eigenvalue weighted by Crippen LogP contribution is -1.97. The summed E-state index contributed by atoms with van der Waals surface area (Å²) in [5.41, 5.74) is 3.35. The topological polar surface area (TPSA) is 40.6 Å². The Balaban J connectivity index is 1.23. The molecule has 4 nitrogen and oxygen atoms in total. The molecule has 150 valence electrons. The van der Waals surface area contributed by atoms with Gasteiger partial charge in [0.2, 0.25) is 0 Å². The maximum atomic E-state index is 5.96. The van der Waals surface area contributed by atoms with E-state index in [1.807, 2.05) is 41.7 Å². The van der Waals surface area contributed by atoms with Gasteiger partial charge in [-0.1, -0.05) is 12.1 Å². The third kappa shape index (κ3) is 4.52. The van der Waals surface area contributed by atoms with Crippen LogP contribution >= 0.6 is 34.9 Å². The SMILES string of the molecule is c1cc(C2SCCS2)ccc1OCc1nc(-c2ccc3c(c2)OCCCO3)cs1. The highest BCUT2D eigenvalue weighted by Crippen LogP contribution is 2.45. The van der Waals surface area contributed by atoms with E-state index >= 15 is 0 Å². The minimum atomic E-state index is 0.474.